The lowest BCUT2D eigenvalue weighted by molar-refractivity contribution is 0.355. The quantitative estimate of drug-likeness (QED) is 0.378. The van der Waals surface area contributed by atoms with Crippen molar-refractivity contribution >= 4 is 22.4 Å². The van der Waals surface area contributed by atoms with E-state index in [1.54, 1.807) is 26.6 Å². The second-order valence-corrected chi connectivity index (χ2v) is 6.53. The number of pyridine rings is 1. The summed E-state index contributed by atoms with van der Waals surface area (Å²) < 4.78 is 10.7. The van der Waals surface area contributed by atoms with E-state index in [1.807, 2.05) is 61.5 Å². The molecule has 0 atom stereocenters. The van der Waals surface area contributed by atoms with Crippen molar-refractivity contribution in [2.24, 2.45) is 5.10 Å². The van der Waals surface area contributed by atoms with Crippen molar-refractivity contribution in [1.82, 2.24) is 15.0 Å². The van der Waals surface area contributed by atoms with E-state index in [4.69, 9.17) is 9.47 Å². The van der Waals surface area contributed by atoms with Crippen LogP contribution in [-0.2, 0) is 0 Å². The predicted molar refractivity (Wildman–Crippen MR) is 118 cm³/mol. The maximum Gasteiger partial charge on any atom is 0.163 e. The van der Waals surface area contributed by atoms with Gasteiger partial charge in [-0.25, -0.2) is 9.97 Å². The minimum Gasteiger partial charge on any atom is -0.493 e. The van der Waals surface area contributed by atoms with Gasteiger partial charge in [0.15, 0.2) is 23.1 Å². The summed E-state index contributed by atoms with van der Waals surface area (Å²) in [5, 5.41) is 5.43. The smallest absolute Gasteiger partial charge is 0.163 e. The predicted octanol–water partition coefficient (Wildman–Crippen LogP) is 4.55. The number of fused-ring (bicyclic) bond motifs is 1. The van der Waals surface area contributed by atoms with Gasteiger partial charge in [-0.2, -0.15) is 5.10 Å². The largest absolute Gasteiger partial charge is 0.493 e. The van der Waals surface area contributed by atoms with Crippen LogP contribution >= 0.6 is 0 Å². The minimum atomic E-state index is 0.586. The van der Waals surface area contributed by atoms with E-state index in [0.29, 0.717) is 23.1 Å². The topological polar surface area (TPSA) is 81.5 Å². The number of ether oxygens (including phenoxy) is 2. The second kappa shape index (κ2) is 8.57. The van der Waals surface area contributed by atoms with Gasteiger partial charge < -0.3 is 9.47 Å². The number of hydrogen-bond acceptors (Lipinski definition) is 7. The number of anilines is 1. The summed E-state index contributed by atoms with van der Waals surface area (Å²) in [6, 6.07) is 17.3. The van der Waals surface area contributed by atoms with Crippen LogP contribution in [0.3, 0.4) is 0 Å². The van der Waals surface area contributed by atoms with E-state index in [1.165, 1.54) is 0 Å². The van der Waals surface area contributed by atoms with Gasteiger partial charge in [0.2, 0.25) is 0 Å². The SMILES string of the molecule is COc1ccc(/C(C)=N\Nc2nc(-c3cccnc3)nc3ccccc23)cc1OC. The molecule has 0 saturated heterocycles. The lowest BCUT2D eigenvalue weighted by Gasteiger charge is -2.11. The zero-order valence-electron chi connectivity index (χ0n) is 17.0. The molecule has 1 N–H and O–H groups in total. The molecule has 0 unspecified atom stereocenters. The molecule has 2 heterocycles. The zero-order chi connectivity index (χ0) is 20.9. The van der Waals surface area contributed by atoms with Gasteiger partial charge in [-0.1, -0.05) is 12.1 Å². The number of nitrogens with one attached hydrogen (secondary N) is 1. The van der Waals surface area contributed by atoms with Crippen LogP contribution in [0.1, 0.15) is 12.5 Å². The van der Waals surface area contributed by atoms with Crippen molar-refractivity contribution in [3.8, 4) is 22.9 Å². The number of rotatable bonds is 6. The highest BCUT2D eigenvalue weighted by atomic mass is 16.5. The van der Waals surface area contributed by atoms with Crippen LogP contribution in [0.2, 0.25) is 0 Å². The number of hydrazone groups is 1. The first-order chi connectivity index (χ1) is 14.7. The first-order valence-corrected chi connectivity index (χ1v) is 9.39. The van der Waals surface area contributed by atoms with Gasteiger partial charge in [-0.15, -0.1) is 0 Å². The highest BCUT2D eigenvalue weighted by molar-refractivity contribution is 6.00. The molecule has 2 aromatic heterocycles. The number of nitrogens with zero attached hydrogens (tertiary/aromatic N) is 4. The Bertz CT molecular complexity index is 1210. The van der Waals surface area contributed by atoms with E-state index in [2.05, 4.69) is 25.5 Å². The molecule has 7 heteroatoms. The molecule has 0 aliphatic rings. The molecule has 0 aliphatic carbocycles. The molecular formula is C23H21N5O2. The van der Waals surface area contributed by atoms with E-state index in [0.717, 1.165) is 27.7 Å². The Balaban J connectivity index is 1.71. The average molecular weight is 399 g/mol. The van der Waals surface area contributed by atoms with Gasteiger partial charge in [0, 0.05) is 28.9 Å². The molecule has 4 rings (SSSR count). The Hall–Kier alpha value is -4.00. The summed E-state index contributed by atoms with van der Waals surface area (Å²) in [6.45, 7) is 1.92. The fourth-order valence-corrected chi connectivity index (χ4v) is 3.05. The Labute approximate surface area is 174 Å². The summed E-state index contributed by atoms with van der Waals surface area (Å²) in [5.74, 6) is 2.53. The van der Waals surface area contributed by atoms with E-state index >= 15 is 0 Å². The average Bonchev–Trinajstić information content (AvgIpc) is 2.82. The number of para-hydroxylation sites is 1. The van der Waals surface area contributed by atoms with Crippen molar-refractivity contribution in [3.05, 3.63) is 72.6 Å². The summed E-state index contributed by atoms with van der Waals surface area (Å²) in [7, 11) is 3.22. The van der Waals surface area contributed by atoms with Crippen LogP contribution in [0, 0.1) is 0 Å². The molecule has 0 bridgehead atoms. The maximum absolute atomic E-state index is 5.39. The van der Waals surface area contributed by atoms with E-state index in [9.17, 15) is 0 Å². The molecule has 0 saturated carbocycles. The normalized spacial score (nSPS) is 11.4. The highest BCUT2D eigenvalue weighted by Gasteiger charge is 2.10. The molecule has 0 radical (unpaired) electrons. The van der Waals surface area contributed by atoms with Crippen LogP contribution in [0.5, 0.6) is 11.5 Å². The van der Waals surface area contributed by atoms with Gasteiger partial charge in [0.25, 0.3) is 0 Å². The van der Waals surface area contributed by atoms with Crippen molar-refractivity contribution in [2.75, 3.05) is 19.6 Å². The minimum absolute atomic E-state index is 0.586. The Morgan fingerprint density at radius 3 is 2.53 bits per heavy atom. The summed E-state index contributed by atoms with van der Waals surface area (Å²) in [5.41, 5.74) is 6.46. The molecule has 150 valence electrons. The molecule has 4 aromatic rings. The standard InChI is InChI=1S/C23H21N5O2/c1-15(16-10-11-20(29-2)21(13-16)30-3)27-28-23-18-8-4-5-9-19(18)25-22(26-23)17-7-6-12-24-14-17/h4-14H,1-3H3,(H,25,26,28)/b27-15-. The number of benzene rings is 2. The van der Waals surface area contributed by atoms with Gasteiger partial charge in [0.1, 0.15) is 0 Å². The van der Waals surface area contributed by atoms with Crippen molar-refractivity contribution in [3.63, 3.8) is 0 Å². The van der Waals surface area contributed by atoms with Crippen LogP contribution in [0.15, 0.2) is 72.1 Å². The van der Waals surface area contributed by atoms with Gasteiger partial charge in [-0.05, 0) is 49.4 Å². The maximum atomic E-state index is 5.39. The molecule has 0 spiro atoms. The number of hydrogen-bond donors (Lipinski definition) is 1. The van der Waals surface area contributed by atoms with Crippen molar-refractivity contribution in [2.45, 2.75) is 6.92 Å². The molecule has 0 amide bonds. The highest BCUT2D eigenvalue weighted by Crippen LogP contribution is 2.28. The van der Waals surface area contributed by atoms with Gasteiger partial charge in [0.05, 0.1) is 25.4 Å². The Kier molecular flexibility index (Phi) is 5.52. The molecule has 2 aromatic carbocycles. The van der Waals surface area contributed by atoms with E-state index < -0.39 is 0 Å². The molecule has 0 aliphatic heterocycles. The first kappa shape index (κ1) is 19.3. The van der Waals surface area contributed by atoms with Crippen LogP contribution < -0.4 is 14.9 Å². The van der Waals surface area contributed by atoms with Crippen molar-refractivity contribution < 1.29 is 9.47 Å². The summed E-state index contributed by atoms with van der Waals surface area (Å²) in [6.07, 6.45) is 3.46. The second-order valence-electron chi connectivity index (χ2n) is 6.53. The van der Waals surface area contributed by atoms with Crippen LogP contribution in [0.4, 0.5) is 5.82 Å². The third kappa shape index (κ3) is 3.91. The Morgan fingerprint density at radius 1 is 0.933 bits per heavy atom. The van der Waals surface area contributed by atoms with Crippen LogP contribution in [-0.4, -0.2) is 34.9 Å². The monoisotopic (exact) mass is 399 g/mol. The number of methoxy groups -OCH3 is 2. The van der Waals surface area contributed by atoms with Crippen LogP contribution in [0.25, 0.3) is 22.3 Å². The number of aromatic nitrogens is 3. The third-order valence-corrected chi connectivity index (χ3v) is 4.65. The zero-order valence-corrected chi connectivity index (χ0v) is 17.0. The fourth-order valence-electron chi connectivity index (χ4n) is 3.05. The Morgan fingerprint density at radius 2 is 1.77 bits per heavy atom. The lowest BCUT2D eigenvalue weighted by atomic mass is 10.1. The summed E-state index contributed by atoms with van der Waals surface area (Å²) in [4.78, 5) is 13.5. The van der Waals surface area contributed by atoms with Gasteiger partial charge in [-0.3, -0.25) is 10.4 Å². The van der Waals surface area contributed by atoms with Gasteiger partial charge >= 0.3 is 0 Å². The lowest BCUT2D eigenvalue weighted by Crippen LogP contribution is -2.04. The first-order valence-electron chi connectivity index (χ1n) is 9.39. The van der Waals surface area contributed by atoms with Crippen molar-refractivity contribution in [1.29, 1.82) is 0 Å². The van der Waals surface area contributed by atoms with E-state index in [-0.39, 0.29) is 0 Å². The molecule has 30 heavy (non-hydrogen) atoms. The molecule has 0 fully saturated rings. The summed E-state index contributed by atoms with van der Waals surface area (Å²) >= 11 is 0. The fraction of sp³-hybridized carbons (Fsp3) is 0.130. The molecular weight excluding hydrogens is 378 g/mol. The third-order valence-electron chi connectivity index (χ3n) is 4.65. The molecule has 7 nitrogen and oxygen atoms in total.